The molecule has 0 amide bonds. The van der Waals surface area contributed by atoms with E-state index >= 15 is 0 Å². The predicted octanol–water partition coefficient (Wildman–Crippen LogP) is 1.65. The zero-order valence-electron chi connectivity index (χ0n) is 7.36. The lowest BCUT2D eigenvalue weighted by Crippen LogP contribution is -2.26. The van der Waals surface area contributed by atoms with Gasteiger partial charge < -0.3 is 5.11 Å². The summed E-state index contributed by atoms with van der Waals surface area (Å²) in [6, 6.07) is 4.96. The molecule has 0 fully saturated rings. The number of rotatable bonds is 2. The summed E-state index contributed by atoms with van der Waals surface area (Å²) in [5.74, 6) is -1.02. The fourth-order valence-corrected chi connectivity index (χ4v) is 1.08. The van der Waals surface area contributed by atoms with Crippen LogP contribution in [0.3, 0.4) is 0 Å². The van der Waals surface area contributed by atoms with Crippen molar-refractivity contribution in [1.82, 2.24) is 4.98 Å². The van der Waals surface area contributed by atoms with E-state index in [1.807, 2.05) is 6.07 Å². The summed E-state index contributed by atoms with van der Waals surface area (Å²) in [7, 11) is 0. The molecule has 1 aromatic heterocycles. The van der Waals surface area contributed by atoms with E-state index in [0.29, 0.717) is 11.3 Å². The van der Waals surface area contributed by atoms with Gasteiger partial charge in [-0.3, -0.25) is 9.78 Å². The van der Waals surface area contributed by atoms with Crippen molar-refractivity contribution in [2.24, 2.45) is 0 Å². The van der Waals surface area contributed by atoms with Gasteiger partial charge in [0.25, 0.3) is 0 Å². The van der Waals surface area contributed by atoms with E-state index in [2.05, 4.69) is 20.9 Å². The molecule has 72 valence electrons. The van der Waals surface area contributed by atoms with Crippen LogP contribution in [0.15, 0.2) is 18.3 Å². The maximum absolute atomic E-state index is 10.8. The number of halogens is 1. The lowest BCUT2D eigenvalue weighted by molar-refractivity contribution is -0.139. The number of aromatic nitrogens is 1. The van der Waals surface area contributed by atoms with Gasteiger partial charge in [-0.2, -0.15) is 5.26 Å². The van der Waals surface area contributed by atoms with Gasteiger partial charge in [0.1, 0.15) is 6.07 Å². The van der Waals surface area contributed by atoms with E-state index in [-0.39, 0.29) is 0 Å². The van der Waals surface area contributed by atoms with Crippen LogP contribution in [0.1, 0.15) is 18.2 Å². The van der Waals surface area contributed by atoms with Crippen LogP contribution in [0, 0.1) is 11.3 Å². The van der Waals surface area contributed by atoms with E-state index in [4.69, 9.17) is 10.4 Å². The average Bonchev–Trinajstić information content (AvgIpc) is 2.17. The maximum Gasteiger partial charge on any atom is 0.326 e. The van der Waals surface area contributed by atoms with E-state index < -0.39 is 10.3 Å². The summed E-state index contributed by atoms with van der Waals surface area (Å²) in [5, 5.41) is 17.4. The first-order valence-electron chi connectivity index (χ1n) is 3.77. The minimum Gasteiger partial charge on any atom is -0.480 e. The Balaban J connectivity index is 3.10. The summed E-state index contributed by atoms with van der Waals surface area (Å²) in [6.45, 7) is 1.49. The molecule has 0 aliphatic carbocycles. The number of aliphatic carboxylic acids is 1. The number of alkyl halides is 1. The molecule has 0 aliphatic rings. The molecule has 1 atom stereocenters. The van der Waals surface area contributed by atoms with E-state index in [1.165, 1.54) is 25.3 Å². The van der Waals surface area contributed by atoms with Crippen molar-refractivity contribution in [1.29, 1.82) is 5.26 Å². The highest BCUT2D eigenvalue weighted by atomic mass is 79.9. The SMILES string of the molecule is CC(Br)(C(=O)O)c1ccc(C#N)cn1. The Morgan fingerprint density at radius 3 is 2.71 bits per heavy atom. The smallest absolute Gasteiger partial charge is 0.326 e. The van der Waals surface area contributed by atoms with Crippen LogP contribution in [0.4, 0.5) is 0 Å². The molecule has 1 N–H and O–H groups in total. The first-order valence-corrected chi connectivity index (χ1v) is 4.56. The fourth-order valence-electron chi connectivity index (χ4n) is 0.847. The molecule has 0 bridgehead atoms. The number of carbonyl (C=O) groups is 1. The van der Waals surface area contributed by atoms with Gasteiger partial charge in [0.2, 0.25) is 0 Å². The molecule has 5 heteroatoms. The Morgan fingerprint density at radius 2 is 2.36 bits per heavy atom. The molecule has 1 rings (SSSR count). The van der Waals surface area contributed by atoms with E-state index in [9.17, 15) is 4.79 Å². The van der Waals surface area contributed by atoms with Crippen LogP contribution in [-0.4, -0.2) is 16.1 Å². The first-order chi connectivity index (χ1) is 6.48. The largest absolute Gasteiger partial charge is 0.480 e. The molecule has 1 unspecified atom stereocenters. The molecule has 0 aromatic carbocycles. The summed E-state index contributed by atoms with van der Waals surface area (Å²) in [6.07, 6.45) is 1.35. The number of nitrogens with zero attached hydrogens (tertiary/aromatic N) is 2. The third kappa shape index (κ3) is 1.91. The molecule has 0 radical (unpaired) electrons. The molecule has 4 nitrogen and oxygen atoms in total. The van der Waals surface area contributed by atoms with Crippen molar-refractivity contribution in [2.75, 3.05) is 0 Å². The molecular weight excluding hydrogens is 248 g/mol. The van der Waals surface area contributed by atoms with Crippen molar-refractivity contribution in [3.63, 3.8) is 0 Å². The Hall–Kier alpha value is -1.41. The highest BCUT2D eigenvalue weighted by Gasteiger charge is 2.33. The number of pyridine rings is 1. The van der Waals surface area contributed by atoms with Gasteiger partial charge in [-0.05, 0) is 19.1 Å². The summed E-state index contributed by atoms with van der Waals surface area (Å²) < 4.78 is -1.21. The van der Waals surface area contributed by atoms with Crippen LogP contribution >= 0.6 is 15.9 Å². The van der Waals surface area contributed by atoms with Crippen LogP contribution in [-0.2, 0) is 9.12 Å². The third-order valence-electron chi connectivity index (χ3n) is 1.78. The zero-order chi connectivity index (χ0) is 10.8. The van der Waals surface area contributed by atoms with E-state index in [1.54, 1.807) is 0 Å². The lowest BCUT2D eigenvalue weighted by atomic mass is 10.1. The topological polar surface area (TPSA) is 74.0 Å². The second kappa shape index (κ2) is 3.76. The monoisotopic (exact) mass is 254 g/mol. The van der Waals surface area contributed by atoms with Crippen molar-refractivity contribution >= 4 is 21.9 Å². The Kier molecular flexibility index (Phi) is 2.87. The van der Waals surface area contributed by atoms with Gasteiger partial charge in [-0.15, -0.1) is 0 Å². The van der Waals surface area contributed by atoms with Gasteiger partial charge in [0, 0.05) is 6.20 Å². The van der Waals surface area contributed by atoms with E-state index in [0.717, 1.165) is 0 Å². The van der Waals surface area contributed by atoms with Crippen LogP contribution in [0.25, 0.3) is 0 Å². The third-order valence-corrected chi connectivity index (χ3v) is 2.52. The quantitative estimate of drug-likeness (QED) is 0.815. The van der Waals surface area contributed by atoms with Gasteiger partial charge in [-0.1, -0.05) is 15.9 Å². The molecule has 1 heterocycles. The minimum absolute atomic E-state index is 0.365. The van der Waals surface area contributed by atoms with Crippen molar-refractivity contribution in [2.45, 2.75) is 11.2 Å². The van der Waals surface area contributed by atoms with Gasteiger partial charge in [0.05, 0.1) is 11.3 Å². The number of nitriles is 1. The minimum atomic E-state index is -1.21. The fraction of sp³-hybridized carbons (Fsp3) is 0.222. The lowest BCUT2D eigenvalue weighted by Gasteiger charge is -2.15. The molecule has 0 saturated carbocycles. The normalized spacial score (nSPS) is 14.1. The molecular formula is C9H7BrN2O2. The number of hydrogen-bond acceptors (Lipinski definition) is 3. The number of hydrogen-bond donors (Lipinski definition) is 1. The van der Waals surface area contributed by atoms with Crippen molar-refractivity contribution in [3.8, 4) is 6.07 Å². The molecule has 14 heavy (non-hydrogen) atoms. The molecule has 0 saturated heterocycles. The van der Waals surface area contributed by atoms with Crippen LogP contribution in [0.2, 0.25) is 0 Å². The van der Waals surface area contributed by atoms with Crippen LogP contribution in [0.5, 0.6) is 0 Å². The Bertz CT molecular complexity index is 392. The van der Waals surface area contributed by atoms with Crippen molar-refractivity contribution < 1.29 is 9.90 Å². The average molecular weight is 255 g/mol. The molecule has 1 aromatic rings. The van der Waals surface area contributed by atoms with Gasteiger partial charge in [0.15, 0.2) is 4.32 Å². The first kappa shape index (κ1) is 10.7. The van der Waals surface area contributed by atoms with Crippen molar-refractivity contribution in [3.05, 3.63) is 29.6 Å². The number of carboxylic acid groups (broad SMARTS) is 1. The summed E-state index contributed by atoms with van der Waals surface area (Å²) in [4.78, 5) is 14.7. The van der Waals surface area contributed by atoms with Gasteiger partial charge >= 0.3 is 5.97 Å². The second-order valence-electron chi connectivity index (χ2n) is 2.85. The van der Waals surface area contributed by atoms with Crippen LogP contribution < -0.4 is 0 Å². The predicted molar refractivity (Wildman–Crippen MR) is 52.9 cm³/mol. The molecule has 0 aliphatic heterocycles. The van der Waals surface area contributed by atoms with Gasteiger partial charge in [-0.25, -0.2) is 0 Å². The highest BCUT2D eigenvalue weighted by molar-refractivity contribution is 9.10. The molecule has 0 spiro atoms. The number of carboxylic acids is 1. The standard InChI is InChI=1S/C9H7BrN2O2/c1-9(10,8(13)14)7-3-2-6(4-11)5-12-7/h2-3,5H,1H3,(H,13,14). The maximum atomic E-state index is 10.8. The summed E-state index contributed by atoms with van der Waals surface area (Å²) >= 11 is 3.06. The Morgan fingerprint density at radius 1 is 1.71 bits per heavy atom. The Labute approximate surface area is 89.3 Å². The second-order valence-corrected chi connectivity index (χ2v) is 4.44. The zero-order valence-corrected chi connectivity index (χ0v) is 8.95. The summed E-state index contributed by atoms with van der Waals surface area (Å²) in [5.41, 5.74) is 0.770. The highest BCUT2D eigenvalue weighted by Crippen LogP contribution is 2.29.